The highest BCUT2D eigenvalue weighted by atomic mass is 19.1. The predicted octanol–water partition coefficient (Wildman–Crippen LogP) is 4.33. The Balaban J connectivity index is 1.88. The van der Waals surface area contributed by atoms with Crippen molar-refractivity contribution in [3.05, 3.63) is 86.6 Å². The van der Waals surface area contributed by atoms with Crippen LogP contribution in [0.1, 0.15) is 49.2 Å². The lowest BCUT2D eigenvalue weighted by molar-refractivity contribution is -0.384. The molecule has 0 radical (unpaired) electrons. The summed E-state index contributed by atoms with van der Waals surface area (Å²) in [6, 6.07) is 6.75. The van der Waals surface area contributed by atoms with E-state index in [0.717, 1.165) is 12.1 Å². The molecule has 0 fully saturated rings. The number of hydrogen-bond donors (Lipinski definition) is 1. The number of nitro groups is 1. The van der Waals surface area contributed by atoms with Gasteiger partial charge in [-0.2, -0.15) is 0 Å². The minimum Gasteiger partial charge on any atom is -0.459 e. The van der Waals surface area contributed by atoms with Crippen molar-refractivity contribution >= 4 is 23.6 Å². The first-order valence-electron chi connectivity index (χ1n) is 11.8. The average Bonchev–Trinajstić information content (AvgIpc) is 2.84. The number of esters is 1. The van der Waals surface area contributed by atoms with Crippen LogP contribution in [0.15, 0.2) is 53.7 Å². The lowest BCUT2D eigenvalue weighted by Crippen LogP contribution is -2.49. The van der Waals surface area contributed by atoms with Gasteiger partial charge in [-0.05, 0) is 44.9 Å². The van der Waals surface area contributed by atoms with Crippen molar-refractivity contribution in [3.8, 4) is 0 Å². The SMILES string of the molecule is CC1=C(C(=O)OC(C)C)C(c2cccc([N+](=O)[O-])c2)N(CCCN(C)C(=O)c2ccc(F)cc2F)C(=O)N1. The third-order valence-electron chi connectivity index (χ3n) is 5.90. The highest BCUT2D eigenvalue weighted by Crippen LogP contribution is 2.36. The van der Waals surface area contributed by atoms with Gasteiger partial charge in [0.05, 0.1) is 28.2 Å². The summed E-state index contributed by atoms with van der Waals surface area (Å²) in [4.78, 5) is 52.1. The van der Waals surface area contributed by atoms with E-state index in [1.54, 1.807) is 26.8 Å². The van der Waals surface area contributed by atoms with Crippen molar-refractivity contribution in [2.75, 3.05) is 20.1 Å². The van der Waals surface area contributed by atoms with E-state index < -0.39 is 46.6 Å². The molecule has 2 aromatic rings. The lowest BCUT2D eigenvalue weighted by atomic mass is 9.93. The number of ether oxygens (including phenoxy) is 1. The highest BCUT2D eigenvalue weighted by molar-refractivity contribution is 5.95. The predicted molar refractivity (Wildman–Crippen MR) is 133 cm³/mol. The number of hydrogen-bond acceptors (Lipinski definition) is 6. The molecule has 0 aromatic heterocycles. The Morgan fingerprint density at radius 1 is 1.21 bits per heavy atom. The van der Waals surface area contributed by atoms with E-state index >= 15 is 0 Å². The molecule has 3 rings (SSSR count). The number of non-ortho nitro benzene ring substituents is 1. The van der Waals surface area contributed by atoms with Crippen LogP contribution in [-0.2, 0) is 9.53 Å². The number of rotatable bonds is 9. The summed E-state index contributed by atoms with van der Waals surface area (Å²) < 4.78 is 32.7. The molecule has 202 valence electrons. The summed E-state index contributed by atoms with van der Waals surface area (Å²) in [7, 11) is 1.44. The largest absolute Gasteiger partial charge is 0.459 e. The summed E-state index contributed by atoms with van der Waals surface area (Å²) in [5, 5.41) is 14.0. The van der Waals surface area contributed by atoms with Crippen molar-refractivity contribution in [2.45, 2.75) is 39.3 Å². The minimum absolute atomic E-state index is 0.0362. The second-order valence-electron chi connectivity index (χ2n) is 9.08. The standard InChI is InChI=1S/C26H28F2N4O6/c1-15(2)38-25(34)22-16(3)29-26(35)31(23(22)17-7-5-8-19(13-17)32(36)37)12-6-11-30(4)24(33)20-10-9-18(27)14-21(20)28/h5,7-10,13-15,23H,6,11-12H2,1-4H3,(H,29,35). The van der Waals surface area contributed by atoms with Crippen LogP contribution in [0.25, 0.3) is 0 Å². The Hall–Kier alpha value is -4.35. The fourth-order valence-corrected chi connectivity index (χ4v) is 4.15. The Labute approximate surface area is 218 Å². The van der Waals surface area contributed by atoms with E-state index in [-0.39, 0.29) is 42.0 Å². The van der Waals surface area contributed by atoms with Crippen LogP contribution in [0.5, 0.6) is 0 Å². The molecule has 0 spiro atoms. The van der Waals surface area contributed by atoms with Crippen molar-refractivity contribution < 1.29 is 32.8 Å². The number of urea groups is 1. The number of allylic oxidation sites excluding steroid dienone is 1. The quantitative estimate of drug-likeness (QED) is 0.293. The number of benzene rings is 2. The summed E-state index contributed by atoms with van der Waals surface area (Å²) in [5.74, 6) is -3.15. The van der Waals surface area contributed by atoms with E-state index in [2.05, 4.69) is 5.32 Å². The van der Waals surface area contributed by atoms with Crippen LogP contribution in [0.2, 0.25) is 0 Å². The zero-order valence-electron chi connectivity index (χ0n) is 21.4. The van der Waals surface area contributed by atoms with Gasteiger partial charge in [0.15, 0.2) is 0 Å². The first-order chi connectivity index (χ1) is 17.9. The smallest absolute Gasteiger partial charge is 0.338 e. The van der Waals surface area contributed by atoms with Gasteiger partial charge in [-0.25, -0.2) is 18.4 Å². The van der Waals surface area contributed by atoms with E-state index in [9.17, 15) is 33.3 Å². The van der Waals surface area contributed by atoms with Gasteiger partial charge in [0.2, 0.25) is 0 Å². The molecule has 38 heavy (non-hydrogen) atoms. The number of nitrogens with one attached hydrogen (secondary N) is 1. The first kappa shape index (κ1) is 28.2. The lowest BCUT2D eigenvalue weighted by Gasteiger charge is -2.38. The highest BCUT2D eigenvalue weighted by Gasteiger charge is 2.39. The van der Waals surface area contributed by atoms with Crippen molar-refractivity contribution in [1.29, 1.82) is 0 Å². The molecule has 12 heteroatoms. The van der Waals surface area contributed by atoms with Gasteiger partial charge >= 0.3 is 12.0 Å². The fraction of sp³-hybridized carbons (Fsp3) is 0.346. The van der Waals surface area contributed by atoms with Gasteiger partial charge in [0.1, 0.15) is 11.6 Å². The molecular weight excluding hydrogens is 502 g/mol. The van der Waals surface area contributed by atoms with Crippen molar-refractivity contribution in [3.63, 3.8) is 0 Å². The molecule has 0 saturated heterocycles. The zero-order chi connectivity index (χ0) is 28.1. The fourth-order valence-electron chi connectivity index (χ4n) is 4.15. The van der Waals surface area contributed by atoms with Crippen molar-refractivity contribution in [1.82, 2.24) is 15.1 Å². The Bertz CT molecular complexity index is 1300. The number of halogens is 2. The third-order valence-corrected chi connectivity index (χ3v) is 5.90. The molecule has 1 unspecified atom stereocenters. The second kappa shape index (κ2) is 11.8. The molecule has 10 nitrogen and oxygen atoms in total. The average molecular weight is 531 g/mol. The Kier molecular flexibility index (Phi) is 8.76. The molecule has 1 aliphatic rings. The maximum Gasteiger partial charge on any atom is 0.338 e. The molecule has 1 N–H and O–H groups in total. The Morgan fingerprint density at radius 3 is 2.55 bits per heavy atom. The second-order valence-corrected chi connectivity index (χ2v) is 9.08. The normalized spacial score (nSPS) is 15.4. The third kappa shape index (κ3) is 6.31. The molecule has 0 saturated carbocycles. The van der Waals surface area contributed by atoms with Crippen molar-refractivity contribution in [2.24, 2.45) is 0 Å². The first-order valence-corrected chi connectivity index (χ1v) is 11.8. The molecular formula is C26H28F2N4O6. The van der Waals surface area contributed by atoms with Gasteiger partial charge in [-0.15, -0.1) is 0 Å². The molecule has 1 heterocycles. The molecule has 3 amide bonds. The number of carbonyl (C=O) groups is 3. The van der Waals surface area contributed by atoms with Gasteiger partial charge in [-0.1, -0.05) is 12.1 Å². The summed E-state index contributed by atoms with van der Waals surface area (Å²) >= 11 is 0. The maximum atomic E-state index is 14.1. The van der Waals surface area contributed by atoms with E-state index in [4.69, 9.17) is 4.74 Å². The van der Waals surface area contributed by atoms with E-state index in [1.807, 2.05) is 0 Å². The van der Waals surface area contributed by atoms with Crippen LogP contribution in [0.3, 0.4) is 0 Å². The minimum atomic E-state index is -0.995. The number of nitrogens with zero attached hydrogens (tertiary/aromatic N) is 3. The molecule has 0 bridgehead atoms. The van der Waals surface area contributed by atoms with Gasteiger partial charge in [0.25, 0.3) is 11.6 Å². The van der Waals surface area contributed by atoms with Gasteiger partial charge in [-0.3, -0.25) is 14.9 Å². The monoisotopic (exact) mass is 530 g/mol. The number of nitro benzene ring substituents is 1. The Morgan fingerprint density at radius 2 is 1.92 bits per heavy atom. The van der Waals surface area contributed by atoms with E-state index in [1.165, 1.54) is 35.0 Å². The zero-order valence-corrected chi connectivity index (χ0v) is 21.4. The van der Waals surface area contributed by atoms with Crippen LogP contribution in [0.4, 0.5) is 19.3 Å². The van der Waals surface area contributed by atoms with Crippen LogP contribution in [-0.4, -0.2) is 58.9 Å². The molecule has 1 aliphatic heterocycles. The number of carbonyl (C=O) groups excluding carboxylic acids is 3. The van der Waals surface area contributed by atoms with Gasteiger partial charge in [0, 0.05) is 44.0 Å². The van der Waals surface area contributed by atoms with Crippen LogP contribution >= 0.6 is 0 Å². The number of amides is 3. The molecule has 2 aromatic carbocycles. The van der Waals surface area contributed by atoms with Crippen LogP contribution < -0.4 is 5.32 Å². The summed E-state index contributed by atoms with van der Waals surface area (Å²) in [6.45, 7) is 5.02. The topological polar surface area (TPSA) is 122 Å². The summed E-state index contributed by atoms with van der Waals surface area (Å²) in [6.07, 6.45) is -0.235. The summed E-state index contributed by atoms with van der Waals surface area (Å²) in [5.41, 5.74) is 0.205. The van der Waals surface area contributed by atoms with Gasteiger partial charge < -0.3 is 19.9 Å². The maximum absolute atomic E-state index is 14.1. The van der Waals surface area contributed by atoms with E-state index in [0.29, 0.717) is 11.6 Å². The molecule has 1 atom stereocenters. The molecule has 0 aliphatic carbocycles. The van der Waals surface area contributed by atoms with Crippen LogP contribution in [0, 0.1) is 21.7 Å².